The predicted octanol–water partition coefficient (Wildman–Crippen LogP) is 4.95. The highest BCUT2D eigenvalue weighted by Crippen LogP contribution is 2.40. The minimum Gasteiger partial charge on any atom is -0.375 e. The zero-order valence-corrected chi connectivity index (χ0v) is 18.9. The quantitative estimate of drug-likeness (QED) is 0.665. The number of ether oxygens (including phenoxy) is 1. The van der Waals surface area contributed by atoms with E-state index in [-0.39, 0.29) is 17.3 Å². The molecule has 1 amide bonds. The highest BCUT2D eigenvalue weighted by atomic mass is 19.1. The molecule has 2 heterocycles. The molecular weight excluding hydrogens is 403 g/mol. The summed E-state index contributed by atoms with van der Waals surface area (Å²) in [4.78, 5) is 17.6. The zero-order valence-electron chi connectivity index (χ0n) is 18.9. The topological polar surface area (TPSA) is 32.8 Å². The lowest BCUT2D eigenvalue weighted by molar-refractivity contribution is -0.131. The molecule has 1 spiro atoms. The number of nitrogens with zero attached hydrogens (tertiary/aromatic N) is 2. The van der Waals surface area contributed by atoms with Crippen LogP contribution in [-0.2, 0) is 11.3 Å². The van der Waals surface area contributed by atoms with Crippen LogP contribution in [0.3, 0.4) is 0 Å². The van der Waals surface area contributed by atoms with Gasteiger partial charge >= 0.3 is 0 Å². The lowest BCUT2D eigenvalue weighted by Crippen LogP contribution is -2.54. The Morgan fingerprint density at radius 1 is 1.03 bits per heavy atom. The standard InChI is InChI=1S/C27H33FN2O2/c1-20-2-6-22(7-3-20)26(31)29-15-13-27(14-16-29)18-25(12-17-32-27)30(24-10-11-24)19-21-4-8-23(28)9-5-21/h2-9,24-25H,10-19H2,1H3. The third-order valence-corrected chi connectivity index (χ3v) is 7.49. The fourth-order valence-corrected chi connectivity index (χ4v) is 5.39. The summed E-state index contributed by atoms with van der Waals surface area (Å²) in [5.74, 6) is -0.0492. The van der Waals surface area contributed by atoms with E-state index in [1.54, 1.807) is 12.1 Å². The van der Waals surface area contributed by atoms with E-state index < -0.39 is 0 Å². The second kappa shape index (κ2) is 8.95. The van der Waals surface area contributed by atoms with Gasteiger partial charge in [-0.2, -0.15) is 0 Å². The van der Waals surface area contributed by atoms with E-state index in [1.807, 2.05) is 48.2 Å². The molecule has 0 radical (unpaired) electrons. The first kappa shape index (κ1) is 21.6. The highest BCUT2D eigenvalue weighted by Gasteiger charge is 2.45. The van der Waals surface area contributed by atoms with Crippen molar-refractivity contribution in [2.45, 2.75) is 69.7 Å². The van der Waals surface area contributed by atoms with Gasteiger partial charge in [0.2, 0.25) is 0 Å². The molecule has 2 saturated heterocycles. The number of amides is 1. The first-order valence-corrected chi connectivity index (χ1v) is 12.0. The molecule has 2 aliphatic heterocycles. The summed E-state index contributed by atoms with van der Waals surface area (Å²) in [6.45, 7) is 5.20. The molecule has 3 fully saturated rings. The highest BCUT2D eigenvalue weighted by molar-refractivity contribution is 5.94. The first-order valence-electron chi connectivity index (χ1n) is 12.0. The molecule has 2 aromatic rings. The Balaban J connectivity index is 1.23. The van der Waals surface area contributed by atoms with Crippen LogP contribution in [0.15, 0.2) is 48.5 Å². The number of likely N-dealkylation sites (tertiary alicyclic amines) is 1. The lowest BCUT2D eigenvalue weighted by Gasteiger charge is -2.48. The van der Waals surface area contributed by atoms with Crippen LogP contribution < -0.4 is 0 Å². The monoisotopic (exact) mass is 436 g/mol. The van der Waals surface area contributed by atoms with Crippen LogP contribution in [0, 0.1) is 12.7 Å². The van der Waals surface area contributed by atoms with Crippen molar-refractivity contribution in [2.75, 3.05) is 19.7 Å². The molecule has 5 rings (SSSR count). The van der Waals surface area contributed by atoms with Crippen LogP contribution in [0.2, 0.25) is 0 Å². The molecule has 1 unspecified atom stereocenters. The predicted molar refractivity (Wildman–Crippen MR) is 123 cm³/mol. The Morgan fingerprint density at radius 3 is 2.38 bits per heavy atom. The number of carbonyl (C=O) groups is 1. The third kappa shape index (κ3) is 4.74. The van der Waals surface area contributed by atoms with Gasteiger partial charge in [-0.1, -0.05) is 29.8 Å². The summed E-state index contributed by atoms with van der Waals surface area (Å²) >= 11 is 0. The summed E-state index contributed by atoms with van der Waals surface area (Å²) in [6, 6.07) is 15.9. The molecule has 3 aliphatic rings. The average molecular weight is 437 g/mol. The first-order chi connectivity index (χ1) is 15.5. The average Bonchev–Trinajstić information content (AvgIpc) is 3.65. The number of hydrogen-bond acceptors (Lipinski definition) is 3. The Bertz CT molecular complexity index is 931. The second-order valence-electron chi connectivity index (χ2n) is 9.87. The fourth-order valence-electron chi connectivity index (χ4n) is 5.39. The van der Waals surface area contributed by atoms with E-state index in [9.17, 15) is 9.18 Å². The fraction of sp³-hybridized carbons (Fsp3) is 0.519. The van der Waals surface area contributed by atoms with Crippen molar-refractivity contribution in [1.82, 2.24) is 9.80 Å². The van der Waals surface area contributed by atoms with Gasteiger partial charge in [-0.05, 0) is 75.3 Å². The molecule has 32 heavy (non-hydrogen) atoms. The molecule has 2 aromatic carbocycles. The summed E-state index contributed by atoms with van der Waals surface area (Å²) in [5, 5.41) is 0. The molecule has 170 valence electrons. The Kier molecular flexibility index (Phi) is 6.04. The van der Waals surface area contributed by atoms with Gasteiger partial charge in [0.25, 0.3) is 5.91 Å². The maximum Gasteiger partial charge on any atom is 0.253 e. The molecular formula is C27H33FN2O2. The van der Waals surface area contributed by atoms with Crippen LogP contribution in [0.25, 0.3) is 0 Å². The van der Waals surface area contributed by atoms with Crippen LogP contribution in [0.5, 0.6) is 0 Å². The largest absolute Gasteiger partial charge is 0.375 e. The van der Waals surface area contributed by atoms with Gasteiger partial charge < -0.3 is 9.64 Å². The van der Waals surface area contributed by atoms with Gasteiger partial charge in [-0.25, -0.2) is 4.39 Å². The summed E-state index contributed by atoms with van der Waals surface area (Å²) in [7, 11) is 0. The maximum absolute atomic E-state index is 13.3. The summed E-state index contributed by atoms with van der Waals surface area (Å²) in [6.07, 6.45) is 6.38. The van der Waals surface area contributed by atoms with Crippen LogP contribution in [-0.4, -0.2) is 53.1 Å². The number of carbonyl (C=O) groups excluding carboxylic acids is 1. The van der Waals surface area contributed by atoms with Crippen LogP contribution in [0.4, 0.5) is 4.39 Å². The minimum atomic E-state index is -0.177. The third-order valence-electron chi connectivity index (χ3n) is 7.49. The van der Waals surface area contributed by atoms with Gasteiger partial charge in [-0.3, -0.25) is 9.69 Å². The van der Waals surface area contributed by atoms with Gasteiger partial charge in [0.15, 0.2) is 0 Å². The van der Waals surface area contributed by atoms with Crippen molar-refractivity contribution in [1.29, 1.82) is 0 Å². The zero-order chi connectivity index (χ0) is 22.1. The van der Waals surface area contributed by atoms with Crippen molar-refractivity contribution >= 4 is 5.91 Å². The Labute approximate surface area is 190 Å². The second-order valence-corrected chi connectivity index (χ2v) is 9.87. The van der Waals surface area contributed by atoms with Gasteiger partial charge in [-0.15, -0.1) is 0 Å². The molecule has 0 N–H and O–H groups in total. The number of rotatable bonds is 5. The maximum atomic E-state index is 13.3. The normalized spacial score (nSPS) is 23.0. The van der Waals surface area contributed by atoms with Gasteiger partial charge in [0.05, 0.1) is 5.60 Å². The molecule has 1 atom stereocenters. The number of aryl methyl sites for hydroxylation is 1. The van der Waals surface area contributed by atoms with Crippen LogP contribution >= 0.6 is 0 Å². The number of benzene rings is 2. The van der Waals surface area contributed by atoms with E-state index in [4.69, 9.17) is 4.74 Å². The summed E-state index contributed by atoms with van der Waals surface area (Å²) < 4.78 is 19.7. The molecule has 0 bridgehead atoms. The molecule has 1 aliphatic carbocycles. The van der Waals surface area contributed by atoms with Crippen molar-refractivity contribution in [2.24, 2.45) is 0 Å². The van der Waals surface area contributed by atoms with Crippen molar-refractivity contribution < 1.29 is 13.9 Å². The number of halogens is 1. The molecule has 5 heteroatoms. The number of hydrogen-bond donors (Lipinski definition) is 0. The lowest BCUT2D eigenvalue weighted by atomic mass is 9.81. The van der Waals surface area contributed by atoms with Crippen molar-refractivity contribution in [3.63, 3.8) is 0 Å². The van der Waals surface area contributed by atoms with Gasteiger partial charge in [0.1, 0.15) is 5.82 Å². The number of piperidine rings is 1. The smallest absolute Gasteiger partial charge is 0.253 e. The minimum absolute atomic E-state index is 0.122. The van der Waals surface area contributed by atoms with E-state index in [2.05, 4.69) is 4.90 Å². The van der Waals surface area contributed by atoms with E-state index in [1.165, 1.54) is 24.0 Å². The van der Waals surface area contributed by atoms with E-state index in [0.29, 0.717) is 12.1 Å². The molecule has 0 aromatic heterocycles. The van der Waals surface area contributed by atoms with E-state index in [0.717, 1.165) is 57.5 Å². The SMILES string of the molecule is Cc1ccc(C(=O)N2CCC3(CC2)CC(N(Cc2ccc(F)cc2)C2CC2)CCO3)cc1. The van der Waals surface area contributed by atoms with Crippen LogP contribution in [0.1, 0.15) is 60.0 Å². The summed E-state index contributed by atoms with van der Waals surface area (Å²) in [5.41, 5.74) is 3.00. The van der Waals surface area contributed by atoms with Crippen molar-refractivity contribution in [3.05, 3.63) is 71.0 Å². The Morgan fingerprint density at radius 2 is 1.72 bits per heavy atom. The molecule has 1 saturated carbocycles. The Hall–Kier alpha value is -2.24. The molecule has 4 nitrogen and oxygen atoms in total. The van der Waals surface area contributed by atoms with Gasteiger partial charge in [0, 0.05) is 43.9 Å². The van der Waals surface area contributed by atoms with E-state index >= 15 is 0 Å². The van der Waals surface area contributed by atoms with Crippen molar-refractivity contribution in [3.8, 4) is 0 Å².